The third-order valence-electron chi connectivity index (χ3n) is 3.53. The highest BCUT2D eigenvalue weighted by Gasteiger charge is 2.27. The van der Waals surface area contributed by atoms with Gasteiger partial charge in [-0.25, -0.2) is 0 Å². The number of thiophene rings is 1. The molecule has 2 unspecified atom stereocenters. The summed E-state index contributed by atoms with van der Waals surface area (Å²) < 4.78 is 1.17. The number of rotatable bonds is 4. The zero-order valence-corrected chi connectivity index (χ0v) is 13.7. The summed E-state index contributed by atoms with van der Waals surface area (Å²) in [5.41, 5.74) is 7.45. The first-order chi connectivity index (χ1) is 9.08. The summed E-state index contributed by atoms with van der Waals surface area (Å²) in [7, 11) is 0. The number of nitrogens with zero attached hydrogens (tertiary/aromatic N) is 1. The number of carbonyl (C=O) groups excluding carboxylic acids is 1. The van der Waals surface area contributed by atoms with Crippen molar-refractivity contribution in [1.82, 2.24) is 4.90 Å². The largest absolute Gasteiger partial charge is 0.341 e. The fourth-order valence-electron chi connectivity index (χ4n) is 2.76. The Hall–Kier alpha value is -0.390. The summed E-state index contributed by atoms with van der Waals surface area (Å²) in [5.74, 6) is 0.750. The van der Waals surface area contributed by atoms with Gasteiger partial charge in [0.1, 0.15) is 0 Å². The van der Waals surface area contributed by atoms with E-state index in [1.165, 1.54) is 9.35 Å². The molecule has 1 saturated heterocycles. The van der Waals surface area contributed by atoms with Gasteiger partial charge >= 0.3 is 0 Å². The van der Waals surface area contributed by atoms with Crippen LogP contribution in [0.3, 0.4) is 0 Å². The maximum absolute atomic E-state index is 12.0. The lowest BCUT2D eigenvalue weighted by Gasteiger charge is -2.36. The van der Waals surface area contributed by atoms with Crippen molar-refractivity contribution in [2.45, 2.75) is 38.6 Å². The molecular formula is C14H21BrN2OS. The lowest BCUT2D eigenvalue weighted by molar-refractivity contribution is -0.133. The van der Waals surface area contributed by atoms with E-state index in [0.717, 1.165) is 32.4 Å². The number of piperidine rings is 1. The molecule has 0 aliphatic carbocycles. The smallest absolute Gasteiger partial charge is 0.222 e. The maximum atomic E-state index is 12.0. The van der Waals surface area contributed by atoms with E-state index in [2.05, 4.69) is 27.4 Å². The van der Waals surface area contributed by atoms with Crippen LogP contribution in [0.2, 0.25) is 0 Å². The molecule has 3 nitrogen and oxygen atoms in total. The van der Waals surface area contributed by atoms with Crippen molar-refractivity contribution in [2.75, 3.05) is 13.1 Å². The molecule has 1 aromatic rings. The molecule has 0 saturated carbocycles. The second-order valence-corrected chi connectivity index (χ2v) is 7.66. The lowest BCUT2D eigenvalue weighted by Crippen LogP contribution is -2.49. The molecule has 1 aromatic heterocycles. The summed E-state index contributed by atoms with van der Waals surface area (Å²) in [4.78, 5) is 14.0. The summed E-state index contributed by atoms with van der Waals surface area (Å²) in [6.45, 7) is 3.63. The summed E-state index contributed by atoms with van der Waals surface area (Å²) >= 11 is 5.21. The van der Waals surface area contributed by atoms with Gasteiger partial charge in [0, 0.05) is 25.6 Å². The highest BCUT2D eigenvalue weighted by Crippen LogP contribution is 2.26. The van der Waals surface area contributed by atoms with E-state index < -0.39 is 0 Å². The lowest BCUT2D eigenvalue weighted by atomic mass is 9.89. The Labute approximate surface area is 127 Å². The first-order valence-electron chi connectivity index (χ1n) is 6.84. The molecule has 2 N–H and O–H groups in total. The Bertz CT molecular complexity index is 435. The van der Waals surface area contributed by atoms with Crippen LogP contribution in [0.5, 0.6) is 0 Å². The molecule has 0 bridgehead atoms. The Morgan fingerprint density at radius 1 is 1.58 bits per heavy atom. The van der Waals surface area contributed by atoms with Gasteiger partial charge in [-0.05, 0) is 58.1 Å². The summed E-state index contributed by atoms with van der Waals surface area (Å²) in [5, 5.41) is 2.18. The Balaban J connectivity index is 1.95. The maximum Gasteiger partial charge on any atom is 0.222 e. The zero-order chi connectivity index (χ0) is 13.8. The van der Waals surface area contributed by atoms with Crippen LogP contribution in [-0.4, -0.2) is 29.9 Å². The van der Waals surface area contributed by atoms with E-state index >= 15 is 0 Å². The van der Waals surface area contributed by atoms with Crippen LogP contribution in [0.4, 0.5) is 0 Å². The highest BCUT2D eigenvalue weighted by molar-refractivity contribution is 9.11. The number of hydrogen-bond donors (Lipinski definition) is 1. The van der Waals surface area contributed by atoms with Gasteiger partial charge in [0.05, 0.1) is 3.79 Å². The second-order valence-electron chi connectivity index (χ2n) is 5.37. The van der Waals surface area contributed by atoms with Crippen molar-refractivity contribution in [3.63, 3.8) is 0 Å². The predicted octanol–water partition coefficient (Wildman–Crippen LogP) is 3.03. The molecule has 5 heteroatoms. The van der Waals surface area contributed by atoms with Gasteiger partial charge in [-0.15, -0.1) is 11.3 Å². The quantitative estimate of drug-likeness (QED) is 0.912. The van der Waals surface area contributed by atoms with Crippen molar-refractivity contribution in [3.05, 3.63) is 20.8 Å². The number of halogens is 1. The number of hydrogen-bond acceptors (Lipinski definition) is 3. The Morgan fingerprint density at radius 3 is 3.00 bits per heavy atom. The second kappa shape index (κ2) is 6.86. The average Bonchev–Trinajstić information content (AvgIpc) is 2.74. The molecule has 1 amide bonds. The van der Waals surface area contributed by atoms with E-state index in [0.29, 0.717) is 12.3 Å². The minimum Gasteiger partial charge on any atom is -0.341 e. The predicted molar refractivity (Wildman–Crippen MR) is 83.3 cm³/mol. The molecule has 2 heterocycles. The van der Waals surface area contributed by atoms with Crippen molar-refractivity contribution in [2.24, 2.45) is 11.7 Å². The van der Waals surface area contributed by atoms with Crippen LogP contribution in [0.1, 0.15) is 31.7 Å². The van der Waals surface area contributed by atoms with E-state index in [-0.39, 0.29) is 11.9 Å². The van der Waals surface area contributed by atoms with E-state index in [1.54, 1.807) is 11.3 Å². The van der Waals surface area contributed by atoms with E-state index in [1.807, 2.05) is 11.8 Å². The van der Waals surface area contributed by atoms with Crippen molar-refractivity contribution >= 4 is 33.2 Å². The third kappa shape index (κ3) is 4.29. The number of carbonyl (C=O) groups is 1. The summed E-state index contributed by atoms with van der Waals surface area (Å²) in [6.07, 6.45) is 3.59. The third-order valence-corrected chi connectivity index (χ3v) is 5.09. The van der Waals surface area contributed by atoms with Gasteiger partial charge in [-0.1, -0.05) is 6.92 Å². The number of nitrogens with two attached hydrogens (primary N) is 1. The minimum atomic E-state index is 0.127. The topological polar surface area (TPSA) is 46.3 Å². The number of likely N-dealkylation sites (tertiary alicyclic amines) is 1. The van der Waals surface area contributed by atoms with Crippen LogP contribution >= 0.6 is 27.3 Å². The molecule has 19 heavy (non-hydrogen) atoms. The molecular weight excluding hydrogens is 324 g/mol. The summed E-state index contributed by atoms with van der Waals surface area (Å²) in [6, 6.07) is 2.30. The molecule has 1 aliphatic rings. The van der Waals surface area contributed by atoms with Gasteiger partial charge in [0.15, 0.2) is 0 Å². The normalized spacial score (nSPS) is 23.6. The van der Waals surface area contributed by atoms with Gasteiger partial charge in [-0.3, -0.25) is 4.79 Å². The standard InChI is InChI=1S/C14H21BrN2OS/c1-2-3-14(18)17-7-10(5-12(16)8-17)4-11-6-13(15)19-9-11/h6,9-10,12H,2-5,7-8,16H2,1H3. The molecule has 2 rings (SSSR count). The van der Waals surface area contributed by atoms with Gasteiger partial charge in [-0.2, -0.15) is 0 Å². The zero-order valence-electron chi connectivity index (χ0n) is 11.3. The van der Waals surface area contributed by atoms with Gasteiger partial charge in [0.25, 0.3) is 0 Å². The van der Waals surface area contributed by atoms with Gasteiger partial charge in [0.2, 0.25) is 5.91 Å². The molecule has 0 spiro atoms. The van der Waals surface area contributed by atoms with E-state index in [9.17, 15) is 4.79 Å². The van der Waals surface area contributed by atoms with E-state index in [4.69, 9.17) is 5.73 Å². The van der Waals surface area contributed by atoms with Crippen molar-refractivity contribution in [3.8, 4) is 0 Å². The van der Waals surface area contributed by atoms with Crippen LogP contribution in [0.15, 0.2) is 15.2 Å². The van der Waals surface area contributed by atoms with Crippen LogP contribution in [-0.2, 0) is 11.2 Å². The van der Waals surface area contributed by atoms with Crippen LogP contribution in [0, 0.1) is 5.92 Å². The first-order valence-corrected chi connectivity index (χ1v) is 8.52. The fraction of sp³-hybridized carbons (Fsp3) is 0.643. The fourth-order valence-corrected chi connectivity index (χ4v) is 3.98. The minimum absolute atomic E-state index is 0.127. The molecule has 106 valence electrons. The molecule has 2 atom stereocenters. The van der Waals surface area contributed by atoms with Crippen LogP contribution in [0.25, 0.3) is 0 Å². The molecule has 0 aromatic carbocycles. The van der Waals surface area contributed by atoms with Gasteiger partial charge < -0.3 is 10.6 Å². The van der Waals surface area contributed by atoms with Crippen LogP contribution < -0.4 is 5.73 Å². The molecule has 0 radical (unpaired) electrons. The Kier molecular flexibility index (Phi) is 5.42. The monoisotopic (exact) mass is 344 g/mol. The SMILES string of the molecule is CCCC(=O)N1CC(N)CC(Cc2csc(Br)c2)C1. The van der Waals surface area contributed by atoms with Crippen molar-refractivity contribution in [1.29, 1.82) is 0 Å². The highest BCUT2D eigenvalue weighted by atomic mass is 79.9. The molecule has 1 aliphatic heterocycles. The molecule has 1 fully saturated rings. The number of amides is 1. The average molecular weight is 345 g/mol. The first kappa shape index (κ1) is 15.0. The van der Waals surface area contributed by atoms with Crippen molar-refractivity contribution < 1.29 is 4.79 Å². The Morgan fingerprint density at radius 2 is 2.37 bits per heavy atom.